The third-order valence-corrected chi connectivity index (χ3v) is 5.71. The van der Waals surface area contributed by atoms with Crippen LogP contribution in [0.25, 0.3) is 5.69 Å². The fourth-order valence-electron chi connectivity index (χ4n) is 3.69. The summed E-state index contributed by atoms with van der Waals surface area (Å²) in [6.07, 6.45) is 8.08. The first-order valence-electron chi connectivity index (χ1n) is 9.89. The number of amides is 1. The van der Waals surface area contributed by atoms with Crippen molar-refractivity contribution < 1.29 is 14.4 Å². The van der Waals surface area contributed by atoms with Crippen LogP contribution in [0.1, 0.15) is 42.7 Å². The van der Waals surface area contributed by atoms with E-state index in [1.807, 2.05) is 24.3 Å². The standard InChI is InChI=1S/C20H27N5O3/c1-23(27-2)20(26)19-21-14-25(22-19)16-6-8-17(9-7-16)28-18-10-12-24(13-11-18)15-4-3-5-15/h6-9,14-15,18H,3-5,10-13H2,1-2H3. The molecule has 0 unspecified atom stereocenters. The number of benzene rings is 1. The summed E-state index contributed by atoms with van der Waals surface area (Å²) < 4.78 is 7.73. The van der Waals surface area contributed by atoms with Crippen molar-refractivity contribution in [3.63, 3.8) is 0 Å². The molecule has 0 bridgehead atoms. The molecule has 1 saturated heterocycles. The van der Waals surface area contributed by atoms with E-state index in [-0.39, 0.29) is 11.9 Å². The van der Waals surface area contributed by atoms with Gasteiger partial charge in [-0.25, -0.2) is 14.7 Å². The summed E-state index contributed by atoms with van der Waals surface area (Å²) in [6, 6.07) is 8.54. The van der Waals surface area contributed by atoms with Gasteiger partial charge < -0.3 is 9.64 Å². The second-order valence-corrected chi connectivity index (χ2v) is 7.43. The van der Waals surface area contributed by atoms with Crippen molar-refractivity contribution in [1.82, 2.24) is 24.7 Å². The Bertz CT molecular complexity index is 794. The van der Waals surface area contributed by atoms with Crippen LogP contribution in [0.5, 0.6) is 5.75 Å². The number of nitrogens with zero attached hydrogens (tertiary/aromatic N) is 5. The number of carbonyl (C=O) groups excluding carboxylic acids is 1. The summed E-state index contributed by atoms with van der Waals surface area (Å²) in [4.78, 5) is 23.6. The highest BCUT2D eigenvalue weighted by molar-refractivity contribution is 5.89. The number of ether oxygens (including phenoxy) is 1. The van der Waals surface area contributed by atoms with Crippen LogP contribution in [0.3, 0.4) is 0 Å². The number of rotatable bonds is 6. The Labute approximate surface area is 165 Å². The molecule has 2 fully saturated rings. The van der Waals surface area contributed by atoms with E-state index in [1.54, 1.807) is 4.68 Å². The van der Waals surface area contributed by atoms with E-state index in [9.17, 15) is 4.79 Å². The molecular weight excluding hydrogens is 358 g/mol. The van der Waals surface area contributed by atoms with Gasteiger partial charge in [-0.3, -0.25) is 9.63 Å². The van der Waals surface area contributed by atoms with Crippen molar-refractivity contribution in [2.24, 2.45) is 0 Å². The maximum Gasteiger partial charge on any atom is 0.316 e. The number of likely N-dealkylation sites (tertiary alicyclic amines) is 1. The lowest BCUT2D eigenvalue weighted by molar-refractivity contribution is -0.0764. The van der Waals surface area contributed by atoms with Crippen molar-refractivity contribution in [3.05, 3.63) is 36.4 Å². The molecule has 8 nitrogen and oxygen atoms in total. The molecule has 0 N–H and O–H groups in total. The van der Waals surface area contributed by atoms with Gasteiger partial charge in [0, 0.05) is 26.2 Å². The average molecular weight is 385 g/mol. The maximum absolute atomic E-state index is 12.0. The summed E-state index contributed by atoms with van der Waals surface area (Å²) >= 11 is 0. The van der Waals surface area contributed by atoms with E-state index >= 15 is 0 Å². The van der Waals surface area contributed by atoms with Gasteiger partial charge in [0.05, 0.1) is 12.8 Å². The number of carbonyl (C=O) groups is 1. The molecule has 1 amide bonds. The van der Waals surface area contributed by atoms with Crippen LogP contribution in [0.2, 0.25) is 0 Å². The highest BCUT2D eigenvalue weighted by Gasteiger charge is 2.29. The Hall–Kier alpha value is -2.45. The Kier molecular flexibility index (Phi) is 5.59. The van der Waals surface area contributed by atoms with Crippen molar-refractivity contribution in [2.45, 2.75) is 44.2 Å². The molecule has 1 aromatic carbocycles. The fourth-order valence-corrected chi connectivity index (χ4v) is 3.69. The van der Waals surface area contributed by atoms with Crippen LogP contribution in [-0.2, 0) is 4.84 Å². The average Bonchev–Trinajstić information content (AvgIpc) is 3.17. The van der Waals surface area contributed by atoms with E-state index in [2.05, 4.69) is 15.0 Å². The molecule has 2 heterocycles. The Morgan fingerprint density at radius 2 is 1.86 bits per heavy atom. The molecule has 4 rings (SSSR count). The minimum absolute atomic E-state index is 0.0860. The summed E-state index contributed by atoms with van der Waals surface area (Å²) in [5.41, 5.74) is 0.818. The second-order valence-electron chi connectivity index (χ2n) is 7.43. The molecule has 0 radical (unpaired) electrons. The zero-order valence-corrected chi connectivity index (χ0v) is 16.5. The number of hydrogen-bond acceptors (Lipinski definition) is 6. The van der Waals surface area contributed by atoms with Crippen molar-refractivity contribution in [3.8, 4) is 11.4 Å². The predicted octanol–water partition coefficient (Wildman–Crippen LogP) is 2.30. The molecule has 8 heteroatoms. The molecule has 28 heavy (non-hydrogen) atoms. The second kappa shape index (κ2) is 8.28. The number of aromatic nitrogens is 3. The molecule has 2 aliphatic rings. The third kappa shape index (κ3) is 4.02. The van der Waals surface area contributed by atoms with Crippen LogP contribution in [-0.4, -0.2) is 70.0 Å². The fraction of sp³-hybridized carbons (Fsp3) is 0.550. The van der Waals surface area contributed by atoms with Crippen LogP contribution >= 0.6 is 0 Å². The highest BCUT2D eigenvalue weighted by Crippen LogP contribution is 2.28. The quantitative estimate of drug-likeness (QED) is 0.711. The third-order valence-electron chi connectivity index (χ3n) is 5.71. The molecule has 150 valence electrons. The molecule has 1 aliphatic carbocycles. The molecular formula is C20H27N5O3. The van der Waals surface area contributed by atoms with Gasteiger partial charge in [0.2, 0.25) is 5.82 Å². The lowest BCUT2D eigenvalue weighted by atomic mass is 9.90. The monoisotopic (exact) mass is 385 g/mol. The predicted molar refractivity (Wildman–Crippen MR) is 103 cm³/mol. The summed E-state index contributed by atoms with van der Waals surface area (Å²) in [5, 5.41) is 5.31. The summed E-state index contributed by atoms with van der Waals surface area (Å²) in [5.74, 6) is 0.554. The van der Waals surface area contributed by atoms with Gasteiger partial charge in [-0.1, -0.05) is 6.42 Å². The first-order valence-corrected chi connectivity index (χ1v) is 9.89. The molecule has 1 aliphatic heterocycles. The zero-order valence-electron chi connectivity index (χ0n) is 16.5. The smallest absolute Gasteiger partial charge is 0.316 e. The van der Waals surface area contributed by atoms with Gasteiger partial charge in [-0.2, -0.15) is 0 Å². The van der Waals surface area contributed by atoms with E-state index in [0.717, 1.165) is 48.5 Å². The van der Waals surface area contributed by atoms with Crippen molar-refractivity contribution >= 4 is 5.91 Å². The van der Waals surface area contributed by atoms with Gasteiger partial charge in [-0.15, -0.1) is 5.10 Å². The van der Waals surface area contributed by atoms with Gasteiger partial charge in [0.1, 0.15) is 18.2 Å². The van der Waals surface area contributed by atoms with Crippen molar-refractivity contribution in [2.75, 3.05) is 27.2 Å². The van der Waals surface area contributed by atoms with E-state index < -0.39 is 5.91 Å². The van der Waals surface area contributed by atoms with Crippen LogP contribution in [0, 0.1) is 0 Å². The van der Waals surface area contributed by atoms with Crippen LogP contribution < -0.4 is 4.74 Å². The van der Waals surface area contributed by atoms with Crippen LogP contribution in [0.4, 0.5) is 0 Å². The summed E-state index contributed by atoms with van der Waals surface area (Å²) in [7, 11) is 2.94. The minimum atomic E-state index is -0.394. The molecule has 2 aromatic rings. The lowest BCUT2D eigenvalue weighted by Gasteiger charge is -2.41. The first-order chi connectivity index (χ1) is 13.6. The molecule has 0 atom stereocenters. The van der Waals surface area contributed by atoms with E-state index in [0.29, 0.717) is 0 Å². The zero-order chi connectivity index (χ0) is 19.5. The molecule has 1 saturated carbocycles. The van der Waals surface area contributed by atoms with E-state index in [1.165, 1.54) is 39.7 Å². The number of piperidine rings is 1. The van der Waals surface area contributed by atoms with Crippen molar-refractivity contribution in [1.29, 1.82) is 0 Å². The van der Waals surface area contributed by atoms with Gasteiger partial charge >= 0.3 is 5.91 Å². The van der Waals surface area contributed by atoms with Gasteiger partial charge in [0.25, 0.3) is 0 Å². The van der Waals surface area contributed by atoms with Crippen LogP contribution in [0.15, 0.2) is 30.6 Å². The highest BCUT2D eigenvalue weighted by atomic mass is 16.7. The van der Waals surface area contributed by atoms with E-state index in [4.69, 9.17) is 9.57 Å². The molecule has 1 aromatic heterocycles. The number of hydroxylamine groups is 2. The first kappa shape index (κ1) is 18.9. The minimum Gasteiger partial charge on any atom is -0.490 e. The maximum atomic E-state index is 12.0. The Balaban J connectivity index is 1.33. The topological polar surface area (TPSA) is 72.7 Å². The van der Waals surface area contributed by atoms with Gasteiger partial charge in [-0.05, 0) is 49.9 Å². The Morgan fingerprint density at radius 3 is 2.46 bits per heavy atom. The van der Waals surface area contributed by atoms with Gasteiger partial charge in [0.15, 0.2) is 0 Å². The SMILES string of the molecule is CON(C)C(=O)c1ncn(-c2ccc(OC3CCN(C4CCC4)CC3)cc2)n1. The normalized spacial score (nSPS) is 18.6. The molecule has 0 spiro atoms. The number of hydrogen-bond donors (Lipinski definition) is 0. The largest absolute Gasteiger partial charge is 0.490 e. The summed E-state index contributed by atoms with van der Waals surface area (Å²) in [6.45, 7) is 2.28. The Morgan fingerprint density at radius 1 is 1.14 bits per heavy atom. The lowest BCUT2D eigenvalue weighted by Crippen LogP contribution is -2.46.